The SMILES string of the molecule is c1cc(-c2ccc(-c3ccc4ccccc4c3)cc2)cc(N(c2ccc(-c3cccc4oc5ccccc5c34)cc2)c2ccccc2-c2ccc3ccccc3c2)c1. The first kappa shape index (κ1) is 33.6. The molecule has 0 unspecified atom stereocenters. The Bertz CT molecular complexity index is 3280. The number of hydrogen-bond acceptors (Lipinski definition) is 2. The third-order valence-corrected chi connectivity index (χ3v) is 11.4. The average molecular weight is 740 g/mol. The molecule has 0 radical (unpaired) electrons. The van der Waals surface area contributed by atoms with Crippen molar-refractivity contribution in [1.29, 1.82) is 0 Å². The number of anilines is 3. The smallest absolute Gasteiger partial charge is 0.136 e. The molecule has 2 heteroatoms. The molecule has 0 fully saturated rings. The van der Waals surface area contributed by atoms with Crippen molar-refractivity contribution >= 4 is 60.5 Å². The van der Waals surface area contributed by atoms with Gasteiger partial charge >= 0.3 is 0 Å². The van der Waals surface area contributed by atoms with Crippen molar-refractivity contribution in [2.75, 3.05) is 4.90 Å². The van der Waals surface area contributed by atoms with Crippen LogP contribution in [0.25, 0.3) is 88.0 Å². The van der Waals surface area contributed by atoms with Crippen LogP contribution < -0.4 is 4.90 Å². The zero-order chi connectivity index (χ0) is 38.4. The first-order chi connectivity index (χ1) is 28.7. The van der Waals surface area contributed by atoms with E-state index < -0.39 is 0 Å². The maximum absolute atomic E-state index is 6.26. The highest BCUT2D eigenvalue weighted by atomic mass is 16.3. The van der Waals surface area contributed by atoms with E-state index in [2.05, 4.69) is 217 Å². The second-order valence-corrected chi connectivity index (χ2v) is 14.9. The minimum absolute atomic E-state index is 0.899. The first-order valence-corrected chi connectivity index (χ1v) is 19.8. The lowest BCUT2D eigenvalue weighted by molar-refractivity contribution is 0.669. The van der Waals surface area contributed by atoms with Gasteiger partial charge in [0, 0.05) is 27.7 Å². The minimum atomic E-state index is 0.899. The van der Waals surface area contributed by atoms with Gasteiger partial charge in [-0.15, -0.1) is 0 Å². The van der Waals surface area contributed by atoms with E-state index >= 15 is 0 Å². The van der Waals surface area contributed by atoms with Crippen LogP contribution in [-0.2, 0) is 0 Å². The summed E-state index contributed by atoms with van der Waals surface area (Å²) in [5.74, 6) is 0. The molecule has 0 aliphatic heterocycles. The highest BCUT2D eigenvalue weighted by molar-refractivity contribution is 6.12. The molecule has 0 saturated carbocycles. The molecule has 0 N–H and O–H groups in total. The van der Waals surface area contributed by atoms with Gasteiger partial charge < -0.3 is 9.32 Å². The molecule has 0 bridgehead atoms. The number of para-hydroxylation sites is 2. The number of benzene rings is 10. The molecule has 11 aromatic rings. The highest BCUT2D eigenvalue weighted by Gasteiger charge is 2.19. The molecule has 11 rings (SSSR count). The van der Waals surface area contributed by atoms with Gasteiger partial charge in [-0.2, -0.15) is 0 Å². The molecule has 0 aliphatic carbocycles. The zero-order valence-electron chi connectivity index (χ0n) is 31.7. The van der Waals surface area contributed by atoms with Gasteiger partial charge in [-0.05, 0) is 115 Å². The lowest BCUT2D eigenvalue weighted by atomic mass is 9.96. The second kappa shape index (κ2) is 14.1. The van der Waals surface area contributed by atoms with Gasteiger partial charge in [-0.1, -0.05) is 170 Å². The fraction of sp³-hybridized carbons (Fsp3) is 0. The predicted molar refractivity (Wildman–Crippen MR) is 245 cm³/mol. The maximum atomic E-state index is 6.26. The molecule has 0 aliphatic rings. The van der Waals surface area contributed by atoms with Crippen molar-refractivity contribution in [2.45, 2.75) is 0 Å². The molecule has 272 valence electrons. The third kappa shape index (κ3) is 6.00. The van der Waals surface area contributed by atoms with Crippen LogP contribution in [0.3, 0.4) is 0 Å². The Kier molecular flexibility index (Phi) is 8.19. The fourth-order valence-electron chi connectivity index (χ4n) is 8.55. The van der Waals surface area contributed by atoms with Gasteiger partial charge in [0.15, 0.2) is 0 Å². The van der Waals surface area contributed by atoms with Crippen molar-refractivity contribution in [3.05, 3.63) is 224 Å². The zero-order valence-corrected chi connectivity index (χ0v) is 31.7. The maximum Gasteiger partial charge on any atom is 0.136 e. The second-order valence-electron chi connectivity index (χ2n) is 14.9. The van der Waals surface area contributed by atoms with E-state index in [4.69, 9.17) is 4.42 Å². The van der Waals surface area contributed by atoms with Gasteiger partial charge in [-0.3, -0.25) is 0 Å². The van der Waals surface area contributed by atoms with Gasteiger partial charge in [0.25, 0.3) is 0 Å². The van der Waals surface area contributed by atoms with Crippen LogP contribution in [0.1, 0.15) is 0 Å². The normalized spacial score (nSPS) is 11.4. The molecule has 0 saturated heterocycles. The summed E-state index contributed by atoms with van der Waals surface area (Å²) in [5, 5.41) is 7.23. The van der Waals surface area contributed by atoms with Gasteiger partial charge in [0.1, 0.15) is 11.2 Å². The largest absolute Gasteiger partial charge is 0.456 e. The number of fused-ring (bicyclic) bond motifs is 5. The number of furan rings is 1. The van der Waals surface area contributed by atoms with Gasteiger partial charge in [0.05, 0.1) is 5.69 Å². The summed E-state index contributed by atoms with van der Waals surface area (Å²) in [5.41, 5.74) is 14.5. The number of nitrogens with zero attached hydrogens (tertiary/aromatic N) is 1. The van der Waals surface area contributed by atoms with Crippen molar-refractivity contribution < 1.29 is 4.42 Å². The van der Waals surface area contributed by atoms with E-state index in [1.165, 1.54) is 43.8 Å². The van der Waals surface area contributed by atoms with E-state index in [0.29, 0.717) is 0 Å². The molecule has 1 aromatic heterocycles. The van der Waals surface area contributed by atoms with E-state index in [1.807, 2.05) is 12.1 Å². The van der Waals surface area contributed by atoms with Crippen LogP contribution in [0, 0.1) is 0 Å². The standard InChI is InChI=1S/C56H37NO/c1-3-13-43-35-46(29-27-38(43)11-1)41-25-23-40(24-26-41)45-15-9-16-49(37-45)57(53-20-7-5-17-50(53)47-30-28-39-12-2-4-14-44(39)36-47)48-33-31-42(32-34-48)51-19-10-22-55-56(51)52-18-6-8-21-54(52)58-55/h1-37H. The Morgan fingerprint density at radius 2 is 0.828 bits per heavy atom. The van der Waals surface area contributed by atoms with E-state index in [0.717, 1.165) is 61.3 Å². The summed E-state index contributed by atoms with van der Waals surface area (Å²) in [6.45, 7) is 0. The van der Waals surface area contributed by atoms with Crippen molar-refractivity contribution in [1.82, 2.24) is 0 Å². The fourth-order valence-corrected chi connectivity index (χ4v) is 8.55. The predicted octanol–water partition coefficient (Wildman–Crippen LogP) is 16.0. The van der Waals surface area contributed by atoms with Crippen LogP contribution in [0.2, 0.25) is 0 Å². The van der Waals surface area contributed by atoms with Crippen LogP contribution in [0.5, 0.6) is 0 Å². The molecular formula is C56H37NO. The lowest BCUT2D eigenvalue weighted by Crippen LogP contribution is -2.11. The quantitative estimate of drug-likeness (QED) is 0.162. The molecule has 58 heavy (non-hydrogen) atoms. The summed E-state index contributed by atoms with van der Waals surface area (Å²) in [6.07, 6.45) is 0. The van der Waals surface area contributed by atoms with Gasteiger partial charge in [-0.25, -0.2) is 0 Å². The molecule has 0 spiro atoms. The average Bonchev–Trinajstić information content (AvgIpc) is 3.69. The van der Waals surface area contributed by atoms with Gasteiger partial charge in [0.2, 0.25) is 0 Å². The summed E-state index contributed by atoms with van der Waals surface area (Å²) in [7, 11) is 0. The molecule has 10 aromatic carbocycles. The highest BCUT2D eigenvalue weighted by Crippen LogP contribution is 2.44. The van der Waals surface area contributed by atoms with Crippen molar-refractivity contribution in [2.24, 2.45) is 0 Å². The van der Waals surface area contributed by atoms with Crippen molar-refractivity contribution in [3.8, 4) is 44.5 Å². The van der Waals surface area contributed by atoms with E-state index in [1.54, 1.807) is 0 Å². The Morgan fingerprint density at radius 3 is 1.59 bits per heavy atom. The molecule has 0 amide bonds. The Labute approximate surface area is 337 Å². The third-order valence-electron chi connectivity index (χ3n) is 11.4. The summed E-state index contributed by atoms with van der Waals surface area (Å²) < 4.78 is 6.26. The van der Waals surface area contributed by atoms with Crippen molar-refractivity contribution in [3.63, 3.8) is 0 Å². The monoisotopic (exact) mass is 739 g/mol. The first-order valence-electron chi connectivity index (χ1n) is 19.8. The minimum Gasteiger partial charge on any atom is -0.456 e. The lowest BCUT2D eigenvalue weighted by Gasteiger charge is -2.28. The van der Waals surface area contributed by atoms with E-state index in [9.17, 15) is 0 Å². The molecule has 0 atom stereocenters. The number of rotatable bonds is 7. The van der Waals surface area contributed by atoms with Crippen LogP contribution >= 0.6 is 0 Å². The molecule has 2 nitrogen and oxygen atoms in total. The summed E-state index contributed by atoms with van der Waals surface area (Å²) >= 11 is 0. The molecular weight excluding hydrogens is 703 g/mol. The van der Waals surface area contributed by atoms with Crippen LogP contribution in [0.15, 0.2) is 229 Å². The summed E-state index contributed by atoms with van der Waals surface area (Å²) in [4.78, 5) is 2.40. The Morgan fingerprint density at radius 1 is 0.293 bits per heavy atom. The van der Waals surface area contributed by atoms with Crippen LogP contribution in [0.4, 0.5) is 17.1 Å². The number of hydrogen-bond donors (Lipinski definition) is 0. The molecule has 1 heterocycles. The Hall–Kier alpha value is -7.68. The summed E-state index contributed by atoms with van der Waals surface area (Å²) in [6, 6.07) is 80.8. The topological polar surface area (TPSA) is 16.4 Å². The van der Waals surface area contributed by atoms with Crippen LogP contribution in [-0.4, -0.2) is 0 Å². The van der Waals surface area contributed by atoms with E-state index in [-0.39, 0.29) is 0 Å². The Balaban J connectivity index is 1.02.